The number of methoxy groups -OCH3 is 1. The van der Waals surface area contributed by atoms with Gasteiger partial charge in [0.05, 0.1) is 7.11 Å². The summed E-state index contributed by atoms with van der Waals surface area (Å²) in [6.45, 7) is 1.32. The van der Waals surface area contributed by atoms with E-state index in [1.165, 1.54) is 6.92 Å². The van der Waals surface area contributed by atoms with E-state index in [0.29, 0.717) is 18.5 Å². The third-order valence-corrected chi connectivity index (χ3v) is 2.69. The van der Waals surface area contributed by atoms with Crippen molar-refractivity contribution >= 4 is 18.0 Å². The molecule has 5 heteroatoms. The molecular formula is C15H18O5. The highest BCUT2D eigenvalue weighted by Crippen LogP contribution is 2.20. The van der Waals surface area contributed by atoms with Gasteiger partial charge < -0.3 is 14.3 Å². The van der Waals surface area contributed by atoms with Crippen LogP contribution >= 0.6 is 0 Å². The molecule has 0 radical (unpaired) electrons. The van der Waals surface area contributed by atoms with E-state index in [2.05, 4.69) is 0 Å². The van der Waals surface area contributed by atoms with Crippen LogP contribution in [0.15, 0.2) is 24.3 Å². The van der Waals surface area contributed by atoms with E-state index in [9.17, 15) is 14.4 Å². The average molecular weight is 278 g/mol. The van der Waals surface area contributed by atoms with Crippen LogP contribution in [-0.2, 0) is 25.5 Å². The number of benzene rings is 1. The largest absolute Gasteiger partial charge is 0.496 e. The van der Waals surface area contributed by atoms with Crippen molar-refractivity contribution in [2.75, 3.05) is 7.11 Å². The molecule has 108 valence electrons. The standard InChI is InChI=1S/C15H18O5/c1-11(17)9-15(18)20-13(7-8-16)10-12-5-3-4-6-14(12)19-2/h3-6,8,13H,7,9-10H2,1-2H3. The lowest BCUT2D eigenvalue weighted by Gasteiger charge is -2.17. The van der Waals surface area contributed by atoms with Gasteiger partial charge in [-0.25, -0.2) is 0 Å². The smallest absolute Gasteiger partial charge is 0.313 e. The van der Waals surface area contributed by atoms with E-state index in [4.69, 9.17) is 9.47 Å². The van der Waals surface area contributed by atoms with Gasteiger partial charge in [0.15, 0.2) is 0 Å². The molecule has 1 rings (SSSR count). The van der Waals surface area contributed by atoms with Gasteiger partial charge in [0.25, 0.3) is 0 Å². The first-order chi connectivity index (χ1) is 9.56. The summed E-state index contributed by atoms with van der Waals surface area (Å²) in [6, 6.07) is 7.31. The van der Waals surface area contributed by atoms with Gasteiger partial charge in [0.1, 0.15) is 30.3 Å². The van der Waals surface area contributed by atoms with Crippen LogP contribution < -0.4 is 4.74 Å². The zero-order chi connectivity index (χ0) is 15.0. The van der Waals surface area contributed by atoms with Crippen LogP contribution in [-0.4, -0.2) is 31.3 Å². The second-order valence-corrected chi connectivity index (χ2v) is 4.41. The van der Waals surface area contributed by atoms with Gasteiger partial charge in [-0.1, -0.05) is 18.2 Å². The number of rotatable bonds is 8. The Morgan fingerprint density at radius 3 is 2.60 bits per heavy atom. The van der Waals surface area contributed by atoms with Crippen LogP contribution in [0.1, 0.15) is 25.3 Å². The second kappa shape index (κ2) is 8.09. The van der Waals surface area contributed by atoms with E-state index in [-0.39, 0.29) is 18.6 Å². The maximum atomic E-state index is 11.5. The van der Waals surface area contributed by atoms with Gasteiger partial charge in [-0.2, -0.15) is 0 Å². The van der Waals surface area contributed by atoms with E-state index in [1.807, 2.05) is 18.2 Å². The predicted octanol–water partition coefficient (Wildman–Crippen LogP) is 1.72. The number of carbonyl (C=O) groups is 3. The number of Topliss-reactive ketones (excluding diaryl/α,β-unsaturated/α-hetero) is 1. The molecule has 0 aliphatic carbocycles. The minimum atomic E-state index is -0.612. The first-order valence-corrected chi connectivity index (χ1v) is 6.31. The fourth-order valence-corrected chi connectivity index (χ4v) is 1.83. The molecule has 0 saturated heterocycles. The highest BCUT2D eigenvalue weighted by atomic mass is 16.5. The van der Waals surface area contributed by atoms with Gasteiger partial charge >= 0.3 is 5.97 Å². The molecular weight excluding hydrogens is 260 g/mol. The number of esters is 1. The van der Waals surface area contributed by atoms with E-state index in [0.717, 1.165) is 5.56 Å². The molecule has 0 aliphatic rings. The van der Waals surface area contributed by atoms with Gasteiger partial charge in [-0.05, 0) is 18.6 Å². The van der Waals surface area contributed by atoms with Crippen molar-refractivity contribution in [3.63, 3.8) is 0 Å². The molecule has 1 unspecified atom stereocenters. The molecule has 0 saturated carbocycles. The number of ketones is 1. The van der Waals surface area contributed by atoms with Crippen molar-refractivity contribution < 1.29 is 23.9 Å². The Kier molecular flexibility index (Phi) is 6.43. The zero-order valence-corrected chi connectivity index (χ0v) is 11.6. The molecule has 0 fully saturated rings. The molecule has 1 aromatic carbocycles. The fourth-order valence-electron chi connectivity index (χ4n) is 1.83. The van der Waals surface area contributed by atoms with E-state index >= 15 is 0 Å². The van der Waals surface area contributed by atoms with E-state index < -0.39 is 12.1 Å². The monoisotopic (exact) mass is 278 g/mol. The Morgan fingerprint density at radius 2 is 2.00 bits per heavy atom. The topological polar surface area (TPSA) is 69.7 Å². The third-order valence-electron chi connectivity index (χ3n) is 2.69. The lowest BCUT2D eigenvalue weighted by Crippen LogP contribution is -2.22. The van der Waals surface area contributed by atoms with Gasteiger partial charge in [-0.3, -0.25) is 9.59 Å². The summed E-state index contributed by atoms with van der Waals surface area (Å²) in [4.78, 5) is 33.0. The van der Waals surface area contributed by atoms with Crippen LogP contribution in [0.5, 0.6) is 5.75 Å². The molecule has 0 heterocycles. The summed E-state index contributed by atoms with van der Waals surface area (Å²) in [5.74, 6) is -0.206. The fraction of sp³-hybridized carbons (Fsp3) is 0.400. The highest BCUT2D eigenvalue weighted by molar-refractivity contribution is 5.94. The van der Waals surface area contributed by atoms with Crippen molar-refractivity contribution in [2.24, 2.45) is 0 Å². The van der Waals surface area contributed by atoms with Crippen LogP contribution in [0.3, 0.4) is 0 Å². The molecule has 0 bridgehead atoms. The lowest BCUT2D eigenvalue weighted by molar-refractivity contribution is -0.151. The van der Waals surface area contributed by atoms with Gasteiger partial charge in [-0.15, -0.1) is 0 Å². The summed E-state index contributed by atoms with van der Waals surface area (Å²) in [6.07, 6.45) is 0.284. The Morgan fingerprint density at radius 1 is 1.30 bits per heavy atom. The molecule has 0 amide bonds. The maximum Gasteiger partial charge on any atom is 0.313 e. The molecule has 1 atom stereocenters. The molecule has 5 nitrogen and oxygen atoms in total. The summed E-state index contributed by atoms with van der Waals surface area (Å²) < 4.78 is 10.4. The number of hydrogen-bond acceptors (Lipinski definition) is 5. The van der Waals surface area contributed by atoms with E-state index in [1.54, 1.807) is 13.2 Å². The molecule has 0 aromatic heterocycles. The van der Waals surface area contributed by atoms with Crippen LogP contribution in [0, 0.1) is 0 Å². The van der Waals surface area contributed by atoms with Crippen LogP contribution in [0.2, 0.25) is 0 Å². The second-order valence-electron chi connectivity index (χ2n) is 4.41. The predicted molar refractivity (Wildman–Crippen MR) is 72.6 cm³/mol. The van der Waals surface area contributed by atoms with Crippen molar-refractivity contribution in [1.82, 2.24) is 0 Å². The Balaban J connectivity index is 2.73. The maximum absolute atomic E-state index is 11.5. The summed E-state index contributed by atoms with van der Waals surface area (Å²) >= 11 is 0. The first-order valence-electron chi connectivity index (χ1n) is 6.31. The number of ether oxygens (including phenoxy) is 2. The SMILES string of the molecule is COc1ccccc1CC(CC=O)OC(=O)CC(C)=O. The number of hydrogen-bond donors (Lipinski definition) is 0. The number of aldehydes is 1. The average Bonchev–Trinajstić information content (AvgIpc) is 2.38. The Hall–Kier alpha value is -2.17. The van der Waals surface area contributed by atoms with Crippen molar-refractivity contribution in [3.05, 3.63) is 29.8 Å². The summed E-state index contributed by atoms with van der Waals surface area (Å²) in [5.41, 5.74) is 0.845. The minimum Gasteiger partial charge on any atom is -0.496 e. The summed E-state index contributed by atoms with van der Waals surface area (Å²) in [5, 5.41) is 0. The summed E-state index contributed by atoms with van der Waals surface area (Å²) in [7, 11) is 1.55. The minimum absolute atomic E-state index is 0.0850. The zero-order valence-electron chi connectivity index (χ0n) is 11.6. The molecule has 1 aromatic rings. The van der Waals surface area contributed by atoms with Crippen LogP contribution in [0.4, 0.5) is 0 Å². The number of carbonyl (C=O) groups excluding carboxylic acids is 3. The van der Waals surface area contributed by atoms with Crippen LogP contribution in [0.25, 0.3) is 0 Å². The molecule has 0 N–H and O–H groups in total. The first kappa shape index (κ1) is 15.9. The quantitative estimate of drug-likeness (QED) is 0.411. The van der Waals surface area contributed by atoms with Crippen molar-refractivity contribution in [3.8, 4) is 5.75 Å². The Bertz CT molecular complexity index is 481. The highest BCUT2D eigenvalue weighted by Gasteiger charge is 2.17. The molecule has 0 spiro atoms. The normalized spacial score (nSPS) is 11.5. The van der Waals surface area contributed by atoms with Gasteiger partial charge in [0.2, 0.25) is 0 Å². The van der Waals surface area contributed by atoms with Gasteiger partial charge in [0, 0.05) is 12.8 Å². The number of para-hydroxylation sites is 1. The molecule has 0 aliphatic heterocycles. The third kappa shape index (κ3) is 5.22. The molecule has 20 heavy (non-hydrogen) atoms. The Labute approximate surface area is 117 Å². The van der Waals surface area contributed by atoms with Crippen molar-refractivity contribution in [2.45, 2.75) is 32.3 Å². The lowest BCUT2D eigenvalue weighted by atomic mass is 10.0. The van der Waals surface area contributed by atoms with Crippen molar-refractivity contribution in [1.29, 1.82) is 0 Å².